The first-order chi connectivity index (χ1) is 8.87. The van der Waals surface area contributed by atoms with Crippen LogP contribution in [-0.2, 0) is 4.74 Å². The number of halogens is 2. The number of alkyl halides is 2. The van der Waals surface area contributed by atoms with E-state index in [4.69, 9.17) is 10.5 Å². The van der Waals surface area contributed by atoms with E-state index in [1.54, 1.807) is 0 Å². The number of nitrogen functional groups attached to an aromatic ring is 1. The van der Waals surface area contributed by atoms with Crippen molar-refractivity contribution in [1.82, 2.24) is 9.97 Å². The summed E-state index contributed by atoms with van der Waals surface area (Å²) in [5.74, 6) is -3.84. The number of nitrogens with zero attached hydrogens (tertiary/aromatic N) is 1. The minimum atomic E-state index is -3.51. The van der Waals surface area contributed by atoms with Crippen LogP contribution in [0, 0.1) is 6.92 Å². The number of aliphatic hydroxyl groups is 1. The summed E-state index contributed by atoms with van der Waals surface area (Å²) >= 11 is 0. The number of nitrogens with two attached hydrogens (primary N) is 1. The molecule has 1 aromatic heterocycles. The minimum absolute atomic E-state index is 0.143. The van der Waals surface area contributed by atoms with E-state index in [0.29, 0.717) is 6.42 Å². The van der Waals surface area contributed by atoms with E-state index in [1.165, 1.54) is 0 Å². The van der Waals surface area contributed by atoms with Crippen LogP contribution in [0.3, 0.4) is 0 Å². The summed E-state index contributed by atoms with van der Waals surface area (Å²) in [6.07, 6.45) is -3.12. The Morgan fingerprint density at radius 1 is 1.63 bits per heavy atom. The number of rotatable bonds is 3. The van der Waals surface area contributed by atoms with Crippen molar-refractivity contribution < 1.29 is 18.6 Å². The van der Waals surface area contributed by atoms with Crippen molar-refractivity contribution in [3.8, 4) is 0 Å². The van der Waals surface area contributed by atoms with Gasteiger partial charge < -0.3 is 20.6 Å². The number of aliphatic hydroxyl groups excluding tert-OH is 1. The van der Waals surface area contributed by atoms with Crippen molar-refractivity contribution in [2.75, 3.05) is 5.73 Å². The van der Waals surface area contributed by atoms with E-state index in [9.17, 15) is 18.7 Å². The molecule has 8 heteroatoms. The van der Waals surface area contributed by atoms with Gasteiger partial charge in [-0.15, -0.1) is 0 Å². The Morgan fingerprint density at radius 3 is 2.89 bits per heavy atom. The van der Waals surface area contributed by atoms with Crippen molar-refractivity contribution in [2.45, 2.75) is 37.1 Å². The van der Waals surface area contributed by atoms with Gasteiger partial charge in [0.05, 0.1) is 6.10 Å². The molecule has 0 bridgehead atoms. The van der Waals surface area contributed by atoms with Crippen LogP contribution in [0.5, 0.6) is 0 Å². The second-order valence-electron chi connectivity index (χ2n) is 4.36. The molecule has 1 aliphatic rings. The number of anilines is 1. The zero-order chi connectivity index (χ0) is 14.2. The van der Waals surface area contributed by atoms with E-state index in [1.807, 2.05) is 0 Å². The lowest BCUT2D eigenvalue weighted by molar-refractivity contribution is -0.113. The average molecular weight is 274 g/mol. The second kappa shape index (κ2) is 4.86. The van der Waals surface area contributed by atoms with E-state index >= 15 is 0 Å². The molecule has 3 atom stereocenters. The average Bonchev–Trinajstić information content (AvgIpc) is 2.54. The Balaban J connectivity index is 2.36. The van der Waals surface area contributed by atoms with E-state index in [0.717, 1.165) is 6.20 Å². The standard InChI is InChI=1S/C11H14F2N3O3/c1-2-3-6-7(17)11(12,13)8(19-6)5-4-15-10(18)16-9(5)14/h4,6-8,17H,1-3H2,(H3,14,15,16,18)/t6-,7+,8+/m0/s1. The molecule has 0 aromatic carbocycles. The molecule has 1 aliphatic heterocycles. The van der Waals surface area contributed by atoms with Gasteiger partial charge in [-0.1, -0.05) is 13.3 Å². The highest BCUT2D eigenvalue weighted by Gasteiger charge is 2.59. The van der Waals surface area contributed by atoms with Crippen LogP contribution in [-0.4, -0.2) is 33.2 Å². The summed E-state index contributed by atoms with van der Waals surface area (Å²) < 4.78 is 33.1. The Hall–Kier alpha value is -1.54. The Labute approximate surface area is 107 Å². The number of ether oxygens (including phenoxy) is 1. The molecular weight excluding hydrogens is 260 g/mol. The first kappa shape index (κ1) is 13.9. The smallest absolute Gasteiger partial charge is 0.346 e. The molecule has 2 heterocycles. The molecule has 0 unspecified atom stereocenters. The second-order valence-corrected chi connectivity index (χ2v) is 4.36. The summed E-state index contributed by atoms with van der Waals surface area (Å²) in [7, 11) is 0. The fourth-order valence-corrected chi connectivity index (χ4v) is 2.08. The van der Waals surface area contributed by atoms with Crippen molar-refractivity contribution in [3.63, 3.8) is 0 Å². The third-order valence-electron chi connectivity index (χ3n) is 3.05. The van der Waals surface area contributed by atoms with E-state index < -0.39 is 29.9 Å². The third kappa shape index (κ3) is 2.33. The predicted octanol–water partition coefficient (Wildman–Crippen LogP) is 0.402. The summed E-state index contributed by atoms with van der Waals surface area (Å²) in [4.78, 5) is 16.4. The summed E-state index contributed by atoms with van der Waals surface area (Å²) in [6.45, 7) is 3.54. The van der Waals surface area contributed by atoms with Crippen molar-refractivity contribution in [3.05, 3.63) is 29.2 Å². The topological polar surface area (TPSA) is 101 Å². The molecule has 4 N–H and O–H groups in total. The highest BCUT2D eigenvalue weighted by Crippen LogP contribution is 2.47. The number of nitrogens with one attached hydrogen (secondary N) is 1. The zero-order valence-electron chi connectivity index (χ0n) is 9.97. The van der Waals surface area contributed by atoms with Gasteiger partial charge in [-0.3, -0.25) is 0 Å². The normalized spacial score (nSPS) is 29.6. The van der Waals surface area contributed by atoms with Crippen LogP contribution in [0.2, 0.25) is 0 Å². The molecule has 0 amide bonds. The van der Waals surface area contributed by atoms with Crippen LogP contribution in [0.4, 0.5) is 14.6 Å². The predicted molar refractivity (Wildman–Crippen MR) is 62.4 cm³/mol. The maximum absolute atomic E-state index is 14.0. The number of aromatic nitrogens is 2. The van der Waals surface area contributed by atoms with Crippen LogP contribution < -0.4 is 11.4 Å². The number of hydrogen-bond acceptors (Lipinski definition) is 5. The third-order valence-corrected chi connectivity index (χ3v) is 3.05. The molecule has 0 saturated carbocycles. The molecule has 1 fully saturated rings. The summed E-state index contributed by atoms with van der Waals surface area (Å²) in [6, 6.07) is 0. The van der Waals surface area contributed by atoms with Crippen LogP contribution in [0.15, 0.2) is 11.0 Å². The largest absolute Gasteiger partial charge is 0.384 e. The molecule has 1 aromatic rings. The number of hydrogen-bond donors (Lipinski definition) is 3. The van der Waals surface area contributed by atoms with Gasteiger partial charge in [-0.2, -0.15) is 4.98 Å². The fourth-order valence-electron chi connectivity index (χ4n) is 2.08. The Bertz CT molecular complexity index is 520. The van der Waals surface area contributed by atoms with Gasteiger partial charge in [0.2, 0.25) is 0 Å². The van der Waals surface area contributed by atoms with Gasteiger partial charge in [0.15, 0.2) is 6.10 Å². The van der Waals surface area contributed by atoms with Crippen LogP contribution in [0.1, 0.15) is 24.5 Å². The Kier molecular flexibility index (Phi) is 3.55. The lowest BCUT2D eigenvalue weighted by Crippen LogP contribution is -2.37. The van der Waals surface area contributed by atoms with Crippen molar-refractivity contribution in [2.24, 2.45) is 0 Å². The first-order valence-electron chi connectivity index (χ1n) is 5.73. The monoisotopic (exact) mass is 274 g/mol. The summed E-state index contributed by atoms with van der Waals surface area (Å²) in [5, 5.41) is 9.59. The molecule has 19 heavy (non-hydrogen) atoms. The van der Waals surface area contributed by atoms with Gasteiger partial charge in [-0.25, -0.2) is 13.6 Å². The van der Waals surface area contributed by atoms with E-state index in [-0.39, 0.29) is 17.8 Å². The van der Waals surface area contributed by atoms with Crippen LogP contribution >= 0.6 is 0 Å². The van der Waals surface area contributed by atoms with Crippen LogP contribution in [0.25, 0.3) is 0 Å². The van der Waals surface area contributed by atoms with Gasteiger partial charge in [-0.05, 0) is 6.42 Å². The lowest BCUT2D eigenvalue weighted by atomic mass is 10.0. The maximum Gasteiger partial charge on any atom is 0.346 e. The molecule has 105 valence electrons. The van der Waals surface area contributed by atoms with Gasteiger partial charge in [0.1, 0.15) is 11.9 Å². The molecule has 2 rings (SSSR count). The van der Waals surface area contributed by atoms with E-state index in [2.05, 4.69) is 16.9 Å². The highest BCUT2D eigenvalue weighted by atomic mass is 19.3. The van der Waals surface area contributed by atoms with Gasteiger partial charge in [0.25, 0.3) is 0 Å². The lowest BCUT2D eigenvalue weighted by Gasteiger charge is -2.20. The Morgan fingerprint density at radius 2 is 2.32 bits per heavy atom. The van der Waals surface area contributed by atoms with Crippen molar-refractivity contribution in [1.29, 1.82) is 0 Å². The molecule has 0 spiro atoms. The zero-order valence-corrected chi connectivity index (χ0v) is 9.97. The molecule has 0 aliphatic carbocycles. The molecular formula is C11H14F2N3O3. The summed E-state index contributed by atoms with van der Waals surface area (Å²) in [5.41, 5.74) is 4.57. The molecule has 1 radical (unpaired) electrons. The first-order valence-corrected chi connectivity index (χ1v) is 5.73. The highest BCUT2D eigenvalue weighted by molar-refractivity contribution is 5.40. The SMILES string of the molecule is [CH2]CC[C@@H]1O[C@H](c2c[nH]c(=O)nc2N)C(F)(F)[C@@H]1O. The minimum Gasteiger partial charge on any atom is -0.384 e. The molecule has 6 nitrogen and oxygen atoms in total. The van der Waals surface area contributed by atoms with Gasteiger partial charge >= 0.3 is 11.6 Å². The maximum atomic E-state index is 14.0. The number of aromatic amines is 1. The van der Waals surface area contributed by atoms with Crippen molar-refractivity contribution >= 4 is 5.82 Å². The quantitative estimate of drug-likeness (QED) is 0.740. The number of H-pyrrole nitrogens is 1. The molecule has 1 saturated heterocycles. The van der Waals surface area contributed by atoms with Gasteiger partial charge in [0, 0.05) is 11.8 Å². The fraction of sp³-hybridized carbons (Fsp3) is 0.545.